The molecule has 0 bridgehead atoms. The second kappa shape index (κ2) is 20.0. The second-order valence-electron chi connectivity index (χ2n) is 16.7. The van der Waals surface area contributed by atoms with E-state index in [1.807, 2.05) is 43.3 Å². The molecule has 18 nitrogen and oxygen atoms in total. The van der Waals surface area contributed by atoms with E-state index in [4.69, 9.17) is 10.5 Å². The number of nitrogen functional groups attached to an aromatic ring is 1. The number of piperidine rings is 1. The summed E-state index contributed by atoms with van der Waals surface area (Å²) in [5.74, 6) is -6.02. The van der Waals surface area contributed by atoms with Gasteiger partial charge in [0.25, 0.3) is 5.91 Å². The summed E-state index contributed by atoms with van der Waals surface area (Å²) in [6.07, 6.45) is -1.07. The summed E-state index contributed by atoms with van der Waals surface area (Å²) in [4.78, 5) is 120. The van der Waals surface area contributed by atoms with Crippen LogP contribution in [0.15, 0.2) is 72.8 Å². The van der Waals surface area contributed by atoms with Crippen molar-refractivity contribution in [3.05, 3.63) is 89.5 Å². The summed E-state index contributed by atoms with van der Waals surface area (Å²) in [5, 5.41) is 18.1. The molecular formula is C46H56N8O10. The van der Waals surface area contributed by atoms with E-state index in [9.17, 15) is 43.5 Å². The Balaban J connectivity index is 1.44. The third-order valence-corrected chi connectivity index (χ3v) is 12.0. The van der Waals surface area contributed by atoms with Gasteiger partial charge in [0.1, 0.15) is 47.8 Å². The smallest absolute Gasteiger partial charge is 0.333 e. The van der Waals surface area contributed by atoms with Gasteiger partial charge >= 0.3 is 5.97 Å². The van der Waals surface area contributed by atoms with Crippen LogP contribution in [-0.2, 0) is 44.7 Å². The Kier molecular flexibility index (Phi) is 14.6. The van der Waals surface area contributed by atoms with Crippen molar-refractivity contribution in [1.29, 1.82) is 0 Å². The number of nitrogens with zero attached hydrogens (tertiary/aromatic N) is 4. The molecule has 0 spiro atoms. The Hall–Kier alpha value is -6.98. The number of likely N-dealkylation sites (N-methyl/N-ethyl adjacent to an activating group) is 1. The lowest BCUT2D eigenvalue weighted by atomic mass is 9.95. The Morgan fingerprint density at radius 2 is 1.56 bits per heavy atom. The van der Waals surface area contributed by atoms with Gasteiger partial charge in [-0.2, -0.15) is 0 Å². The standard InChI is InChI=1S/C46H56N8O10/c1-6-34-43(60)53-19-10-13-35(53)44(61)52(5)37(21-27-14-16-31(17-15-27)51(3)4)45(62)54-20-18-32(55)25-36(54)41(58)50-39(28-11-8-7-9-12-28)46(63)64-26(2)38(42(59)48-34)49-40(57)29-22-30(47)24-33(56)23-29/h7-9,11-12,14-17,22-24,26,34-39,56H,6,10,13,18-21,25,47H2,1-5H3,(H,48,59)(H,49,57)(H,50,58)/t26-,34-,35+,36+,37+,38+,39+/m1/s1. The molecule has 6 N–H and O–H groups in total. The van der Waals surface area contributed by atoms with Gasteiger partial charge in [0.2, 0.25) is 29.5 Å². The van der Waals surface area contributed by atoms with E-state index < -0.39 is 83.8 Å². The van der Waals surface area contributed by atoms with Gasteiger partial charge in [0.05, 0.1) is 0 Å². The predicted octanol–water partition coefficient (Wildman–Crippen LogP) is 1.46. The van der Waals surface area contributed by atoms with Crippen molar-refractivity contribution >= 4 is 58.6 Å². The number of rotatable bonds is 7. The summed E-state index contributed by atoms with van der Waals surface area (Å²) in [6.45, 7) is 3.03. The zero-order chi connectivity index (χ0) is 46.4. The van der Waals surface area contributed by atoms with E-state index in [0.29, 0.717) is 12.0 Å². The molecule has 3 saturated heterocycles. The third kappa shape index (κ3) is 10.4. The number of nitrogens with two attached hydrogens (primary N) is 1. The number of hydrogen-bond acceptors (Lipinski definition) is 12. The van der Waals surface area contributed by atoms with Gasteiger partial charge < -0.3 is 51.1 Å². The van der Waals surface area contributed by atoms with E-state index in [0.717, 1.165) is 11.8 Å². The van der Waals surface area contributed by atoms with E-state index in [-0.39, 0.29) is 73.5 Å². The first-order chi connectivity index (χ1) is 30.5. The number of ketones is 1. The lowest BCUT2D eigenvalue weighted by Crippen LogP contribution is -2.61. The van der Waals surface area contributed by atoms with Crippen molar-refractivity contribution < 1.29 is 48.2 Å². The average molecular weight is 881 g/mol. The number of hydrogen-bond donors (Lipinski definition) is 5. The Morgan fingerprint density at radius 3 is 2.22 bits per heavy atom. The van der Waals surface area contributed by atoms with Crippen LogP contribution in [0.25, 0.3) is 0 Å². The maximum atomic E-state index is 15.0. The fourth-order valence-electron chi connectivity index (χ4n) is 8.41. The molecule has 0 unspecified atom stereocenters. The molecular weight excluding hydrogens is 825 g/mol. The number of ether oxygens (including phenoxy) is 1. The van der Waals surface area contributed by atoms with Gasteiger partial charge in [0.15, 0.2) is 6.04 Å². The number of nitrogens with one attached hydrogen (secondary N) is 3. The Morgan fingerprint density at radius 1 is 0.875 bits per heavy atom. The number of fused-ring (bicyclic) bond motifs is 2. The fourth-order valence-corrected chi connectivity index (χ4v) is 8.41. The van der Waals surface area contributed by atoms with Crippen molar-refractivity contribution in [2.24, 2.45) is 0 Å². The van der Waals surface area contributed by atoms with Crippen LogP contribution in [0.2, 0.25) is 0 Å². The van der Waals surface area contributed by atoms with Crippen LogP contribution in [0.5, 0.6) is 5.75 Å². The van der Waals surface area contributed by atoms with Crippen molar-refractivity contribution in [3.8, 4) is 5.75 Å². The zero-order valence-corrected chi connectivity index (χ0v) is 36.6. The molecule has 0 radical (unpaired) electrons. The first-order valence-corrected chi connectivity index (χ1v) is 21.4. The largest absolute Gasteiger partial charge is 0.508 e. The van der Waals surface area contributed by atoms with Crippen LogP contribution in [0.1, 0.15) is 73.5 Å². The highest BCUT2D eigenvalue weighted by Gasteiger charge is 2.45. The summed E-state index contributed by atoms with van der Waals surface area (Å²) in [7, 11) is 5.25. The average Bonchev–Trinajstić information content (AvgIpc) is 3.77. The molecule has 3 fully saturated rings. The number of benzene rings is 3. The van der Waals surface area contributed by atoms with Crippen LogP contribution in [0, 0.1) is 0 Å². The zero-order valence-electron chi connectivity index (χ0n) is 36.6. The third-order valence-electron chi connectivity index (χ3n) is 12.0. The molecule has 3 aromatic carbocycles. The van der Waals surface area contributed by atoms with Gasteiger partial charge in [-0.3, -0.25) is 33.6 Å². The normalized spacial score (nSPS) is 25.2. The second-order valence-corrected chi connectivity index (χ2v) is 16.7. The molecule has 340 valence electrons. The van der Waals surface area contributed by atoms with E-state index in [2.05, 4.69) is 16.0 Å². The molecule has 6 rings (SSSR count). The number of aromatic hydroxyl groups is 1. The van der Waals surface area contributed by atoms with Crippen LogP contribution in [0.4, 0.5) is 11.4 Å². The van der Waals surface area contributed by atoms with Gasteiger partial charge in [-0.15, -0.1) is 0 Å². The monoisotopic (exact) mass is 880 g/mol. The van der Waals surface area contributed by atoms with E-state index in [1.165, 1.54) is 40.8 Å². The molecule has 0 aromatic heterocycles. The van der Waals surface area contributed by atoms with Crippen LogP contribution in [-0.4, -0.2) is 138 Å². The highest BCUT2D eigenvalue weighted by atomic mass is 16.5. The molecule has 3 aromatic rings. The Bertz CT molecular complexity index is 2250. The summed E-state index contributed by atoms with van der Waals surface area (Å²) in [5.41, 5.74) is 7.68. The van der Waals surface area contributed by atoms with Gasteiger partial charge in [-0.1, -0.05) is 49.4 Å². The van der Waals surface area contributed by atoms with Crippen LogP contribution >= 0.6 is 0 Å². The molecule has 18 heteroatoms. The number of cyclic esters (lactones) is 1. The minimum Gasteiger partial charge on any atom is -0.508 e. The molecule has 6 amide bonds. The lowest BCUT2D eigenvalue weighted by Gasteiger charge is -2.40. The summed E-state index contributed by atoms with van der Waals surface area (Å²) in [6, 6.07) is 11.1. The fraction of sp³-hybridized carbons (Fsp3) is 0.435. The molecule has 7 atom stereocenters. The molecule has 3 aliphatic heterocycles. The molecule has 3 aliphatic rings. The van der Waals surface area contributed by atoms with Crippen molar-refractivity contribution in [2.45, 2.75) is 94.7 Å². The molecule has 0 aliphatic carbocycles. The van der Waals surface area contributed by atoms with Gasteiger partial charge in [0, 0.05) is 76.5 Å². The predicted molar refractivity (Wildman–Crippen MR) is 234 cm³/mol. The molecule has 64 heavy (non-hydrogen) atoms. The highest BCUT2D eigenvalue weighted by molar-refractivity contribution is 6.01. The van der Waals surface area contributed by atoms with E-state index in [1.54, 1.807) is 37.3 Å². The first-order valence-electron chi connectivity index (χ1n) is 21.4. The van der Waals surface area contributed by atoms with Crippen molar-refractivity contribution in [2.75, 3.05) is 44.9 Å². The topological polar surface area (TPSA) is 241 Å². The highest BCUT2D eigenvalue weighted by Crippen LogP contribution is 2.27. The van der Waals surface area contributed by atoms with E-state index >= 15 is 0 Å². The number of carbonyl (C=O) groups is 8. The maximum Gasteiger partial charge on any atom is 0.333 e. The maximum absolute atomic E-state index is 15.0. The van der Waals surface area contributed by atoms with Crippen LogP contribution < -0.4 is 26.6 Å². The van der Waals surface area contributed by atoms with Crippen molar-refractivity contribution in [1.82, 2.24) is 30.7 Å². The molecule has 0 saturated carbocycles. The number of anilines is 2. The van der Waals surface area contributed by atoms with Crippen LogP contribution in [0.3, 0.4) is 0 Å². The number of phenols is 1. The van der Waals surface area contributed by atoms with Gasteiger partial charge in [-0.25, -0.2) is 4.79 Å². The quantitative estimate of drug-likeness (QED) is 0.168. The SMILES string of the molecule is CC[C@H]1NC(=O)[C@@H](NC(=O)c2cc(N)cc(O)c2)[C@@H](C)OC(=O)[C@H](c2ccccc2)NC(=O)[C@@H]2CC(=O)CCN2C(=O)[C@H](Cc2ccc(N(C)C)cc2)N(C)C(=O)[C@@H]2CCCN2C1=O. The van der Waals surface area contributed by atoms with Crippen molar-refractivity contribution in [3.63, 3.8) is 0 Å². The Labute approximate surface area is 371 Å². The number of Topliss-reactive ketones (excluding diaryl/α,β-unsaturated/α-hetero) is 1. The number of carbonyl (C=O) groups excluding carboxylic acids is 8. The number of amides is 6. The minimum atomic E-state index is -1.66. The number of phenolic OH excluding ortho intramolecular Hbond substituents is 1. The van der Waals surface area contributed by atoms with Gasteiger partial charge in [-0.05, 0) is 61.6 Å². The summed E-state index contributed by atoms with van der Waals surface area (Å²) >= 11 is 0. The number of esters is 1. The minimum absolute atomic E-state index is 0.0288. The lowest BCUT2D eigenvalue weighted by molar-refractivity contribution is -0.156. The molecule has 3 heterocycles. The first kappa shape index (κ1) is 46.5. The summed E-state index contributed by atoms with van der Waals surface area (Å²) < 4.78 is 5.88.